The van der Waals surface area contributed by atoms with Crippen LogP contribution in [0.2, 0.25) is 0 Å². The van der Waals surface area contributed by atoms with Gasteiger partial charge in [-0.25, -0.2) is 9.97 Å². The fourth-order valence-corrected chi connectivity index (χ4v) is 4.03. The van der Waals surface area contributed by atoms with Crippen molar-refractivity contribution in [3.63, 3.8) is 0 Å². The number of nitrogens with zero attached hydrogens (tertiary/aromatic N) is 4. The lowest BCUT2D eigenvalue weighted by Gasteiger charge is -2.41. The minimum atomic E-state index is -0.429. The fourth-order valence-electron chi connectivity index (χ4n) is 4.03. The number of aromatic nitrogens is 2. The molecule has 156 valence electrons. The molecule has 1 unspecified atom stereocenters. The Morgan fingerprint density at radius 3 is 2.36 bits per heavy atom. The summed E-state index contributed by atoms with van der Waals surface area (Å²) in [6.45, 7) is 16.4. The number of nitrogens with two attached hydrogens (primary N) is 1. The van der Waals surface area contributed by atoms with E-state index in [4.69, 9.17) is 25.0 Å². The smallest absolute Gasteiger partial charge is 0.399 e. The van der Waals surface area contributed by atoms with Crippen LogP contribution < -0.4 is 16.1 Å². The minimum absolute atomic E-state index is 0.325. The van der Waals surface area contributed by atoms with Gasteiger partial charge in [0.15, 0.2) is 0 Å². The lowest BCUT2D eigenvalue weighted by molar-refractivity contribution is 0.00578. The van der Waals surface area contributed by atoms with Gasteiger partial charge in [-0.05, 0) is 60.9 Å². The van der Waals surface area contributed by atoms with Gasteiger partial charge in [-0.15, -0.1) is 0 Å². The summed E-state index contributed by atoms with van der Waals surface area (Å²) in [5.74, 6) is 0.773. The first-order valence-corrected chi connectivity index (χ1v) is 10.5. The molecular weight excluding hydrogens is 353 g/mol. The molecular formula is C20H36BN5O2. The van der Waals surface area contributed by atoms with Crippen LogP contribution in [0.25, 0.3) is 0 Å². The van der Waals surface area contributed by atoms with Gasteiger partial charge in [0, 0.05) is 49.6 Å². The van der Waals surface area contributed by atoms with Gasteiger partial charge in [0.25, 0.3) is 0 Å². The van der Waals surface area contributed by atoms with Crippen LogP contribution in [-0.2, 0) is 9.31 Å². The molecule has 1 aromatic rings. The molecule has 2 saturated heterocycles. The lowest BCUT2D eigenvalue weighted by atomic mass is 9.81. The Hall–Kier alpha value is -1.22. The molecule has 2 fully saturated rings. The summed E-state index contributed by atoms with van der Waals surface area (Å²) in [6.07, 6.45) is 6.03. The van der Waals surface area contributed by atoms with Crippen LogP contribution in [0.1, 0.15) is 54.4 Å². The standard InChI is InChI=1S/C20H36BN5O2/c1-15(2)26(17-8-7-10-25(14-17)11-9-22)18-23-12-16(13-24-18)21-27-19(3,4)20(5,6)28-21/h12-13,15,17H,7-11,14,22H2,1-6H3. The average Bonchev–Trinajstić information content (AvgIpc) is 2.84. The summed E-state index contributed by atoms with van der Waals surface area (Å²) in [5.41, 5.74) is 5.89. The summed E-state index contributed by atoms with van der Waals surface area (Å²) >= 11 is 0. The summed E-state index contributed by atoms with van der Waals surface area (Å²) < 4.78 is 12.2. The van der Waals surface area contributed by atoms with Crippen LogP contribution in [-0.4, -0.2) is 71.5 Å². The molecule has 28 heavy (non-hydrogen) atoms. The van der Waals surface area contributed by atoms with Crippen LogP contribution in [0.15, 0.2) is 12.4 Å². The van der Waals surface area contributed by atoms with Crippen molar-refractivity contribution in [1.82, 2.24) is 14.9 Å². The Morgan fingerprint density at radius 2 is 1.82 bits per heavy atom. The van der Waals surface area contributed by atoms with E-state index >= 15 is 0 Å². The first-order valence-electron chi connectivity index (χ1n) is 10.5. The predicted molar refractivity (Wildman–Crippen MR) is 114 cm³/mol. The molecule has 0 radical (unpaired) electrons. The topological polar surface area (TPSA) is 76.7 Å². The summed E-state index contributed by atoms with van der Waals surface area (Å²) in [4.78, 5) is 14.2. The van der Waals surface area contributed by atoms with Crippen molar-refractivity contribution < 1.29 is 9.31 Å². The highest BCUT2D eigenvalue weighted by molar-refractivity contribution is 6.61. The zero-order valence-corrected chi connectivity index (χ0v) is 18.3. The maximum absolute atomic E-state index is 6.12. The van der Waals surface area contributed by atoms with Gasteiger partial charge >= 0.3 is 7.12 Å². The molecule has 3 heterocycles. The van der Waals surface area contributed by atoms with Gasteiger partial charge in [0.2, 0.25) is 5.95 Å². The van der Waals surface area contributed by atoms with Crippen molar-refractivity contribution in [1.29, 1.82) is 0 Å². The normalized spacial score (nSPS) is 24.7. The van der Waals surface area contributed by atoms with Gasteiger partial charge in [0.05, 0.1) is 11.2 Å². The van der Waals surface area contributed by atoms with Gasteiger partial charge in [0.1, 0.15) is 0 Å². The number of hydrogen-bond acceptors (Lipinski definition) is 7. The zero-order chi connectivity index (χ0) is 20.5. The van der Waals surface area contributed by atoms with Crippen LogP contribution >= 0.6 is 0 Å². The predicted octanol–water partition coefficient (Wildman–Crippen LogP) is 1.41. The second-order valence-electron chi connectivity index (χ2n) is 9.29. The van der Waals surface area contributed by atoms with Gasteiger partial charge in [-0.3, -0.25) is 0 Å². The summed E-state index contributed by atoms with van der Waals surface area (Å²) in [7, 11) is -0.429. The van der Waals surface area contributed by atoms with E-state index in [0.717, 1.165) is 37.5 Å². The molecule has 1 atom stereocenters. The SMILES string of the molecule is CC(C)N(c1ncc(B2OC(C)(C)C(C)(C)O2)cn1)C1CCCN(CCN)C1. The van der Waals surface area contributed by atoms with Crippen LogP contribution in [0.4, 0.5) is 5.95 Å². The highest BCUT2D eigenvalue weighted by Crippen LogP contribution is 2.36. The van der Waals surface area contributed by atoms with E-state index in [1.54, 1.807) is 0 Å². The summed E-state index contributed by atoms with van der Waals surface area (Å²) in [5, 5.41) is 0. The third-order valence-corrected chi connectivity index (χ3v) is 6.29. The zero-order valence-electron chi connectivity index (χ0n) is 18.3. The number of rotatable bonds is 6. The Kier molecular flexibility index (Phi) is 6.34. The quantitative estimate of drug-likeness (QED) is 0.738. The van der Waals surface area contributed by atoms with Crippen molar-refractivity contribution in [2.75, 3.05) is 31.1 Å². The monoisotopic (exact) mass is 389 g/mol. The first kappa shape index (κ1) is 21.5. The Morgan fingerprint density at radius 1 is 1.21 bits per heavy atom. The van der Waals surface area contributed by atoms with Crippen molar-refractivity contribution in [2.45, 2.75) is 77.7 Å². The van der Waals surface area contributed by atoms with Crippen LogP contribution in [0.5, 0.6) is 0 Å². The maximum Gasteiger partial charge on any atom is 0.498 e. The molecule has 0 aliphatic carbocycles. The first-order chi connectivity index (χ1) is 13.1. The third kappa shape index (κ3) is 4.35. The fraction of sp³-hybridized carbons (Fsp3) is 0.800. The van der Waals surface area contributed by atoms with Gasteiger partial charge < -0.3 is 24.8 Å². The molecule has 0 bridgehead atoms. The Labute approximate surface area is 170 Å². The molecule has 3 rings (SSSR count). The Bertz CT molecular complexity index is 635. The number of hydrogen-bond donors (Lipinski definition) is 1. The molecule has 0 amide bonds. The van der Waals surface area contributed by atoms with E-state index in [2.05, 4.69) is 51.3 Å². The van der Waals surface area contributed by atoms with Crippen molar-refractivity contribution in [3.05, 3.63) is 12.4 Å². The molecule has 2 aliphatic rings. The van der Waals surface area contributed by atoms with E-state index in [9.17, 15) is 0 Å². The van der Waals surface area contributed by atoms with E-state index < -0.39 is 7.12 Å². The highest BCUT2D eigenvalue weighted by atomic mass is 16.7. The molecule has 7 nitrogen and oxygen atoms in total. The van der Waals surface area contributed by atoms with Crippen molar-refractivity contribution in [3.8, 4) is 0 Å². The molecule has 1 aromatic heterocycles. The van der Waals surface area contributed by atoms with Crippen LogP contribution in [0, 0.1) is 0 Å². The number of likely N-dealkylation sites (tertiary alicyclic amines) is 1. The molecule has 0 saturated carbocycles. The Balaban J connectivity index is 1.75. The lowest BCUT2D eigenvalue weighted by Crippen LogP contribution is -2.52. The molecule has 2 N–H and O–H groups in total. The average molecular weight is 389 g/mol. The third-order valence-electron chi connectivity index (χ3n) is 6.29. The van der Waals surface area contributed by atoms with Crippen LogP contribution in [0.3, 0.4) is 0 Å². The van der Waals surface area contributed by atoms with E-state index in [1.807, 2.05) is 12.4 Å². The largest absolute Gasteiger partial charge is 0.498 e. The minimum Gasteiger partial charge on any atom is -0.399 e. The second kappa shape index (κ2) is 8.26. The van der Waals surface area contributed by atoms with E-state index in [0.29, 0.717) is 18.6 Å². The van der Waals surface area contributed by atoms with Crippen molar-refractivity contribution >= 4 is 18.5 Å². The molecule has 0 spiro atoms. The van der Waals surface area contributed by atoms with Crippen molar-refractivity contribution in [2.24, 2.45) is 5.73 Å². The van der Waals surface area contributed by atoms with E-state index in [-0.39, 0.29) is 11.2 Å². The summed E-state index contributed by atoms with van der Waals surface area (Å²) in [6, 6.07) is 0.730. The second-order valence-corrected chi connectivity index (χ2v) is 9.29. The molecule has 8 heteroatoms. The maximum atomic E-state index is 6.12. The molecule has 2 aliphatic heterocycles. The van der Waals surface area contributed by atoms with Gasteiger partial charge in [-0.2, -0.15) is 0 Å². The number of anilines is 1. The molecule has 0 aromatic carbocycles. The van der Waals surface area contributed by atoms with Gasteiger partial charge in [-0.1, -0.05) is 0 Å². The number of piperidine rings is 1. The van der Waals surface area contributed by atoms with E-state index in [1.165, 1.54) is 6.42 Å². The highest BCUT2D eigenvalue weighted by Gasteiger charge is 2.52.